The largest absolute Gasteiger partial charge is 0.312 e. The Morgan fingerprint density at radius 2 is 0.857 bits per heavy atom. The van der Waals surface area contributed by atoms with Crippen molar-refractivity contribution in [2.45, 2.75) is 68.1 Å². The summed E-state index contributed by atoms with van der Waals surface area (Å²) in [6.45, 7) is 16.0. The molecule has 3 N–H and O–H groups in total. The monoisotopic (exact) mass is 389 g/mol. The van der Waals surface area contributed by atoms with Crippen LogP contribution in [0.15, 0.2) is 30.3 Å². The first kappa shape index (κ1) is 23.7. The molecule has 0 aliphatic rings. The number of carbonyl (C=O) groups is 3. The van der Waals surface area contributed by atoms with Gasteiger partial charge in [-0.25, -0.2) is 0 Å². The maximum Gasteiger partial charge on any atom is 0.228 e. The number of amides is 3. The number of carbonyl (C=O) groups excluding carboxylic acids is 3. The highest BCUT2D eigenvalue weighted by Gasteiger charge is 2.43. The van der Waals surface area contributed by atoms with E-state index in [4.69, 9.17) is 0 Å². The molecule has 0 unspecified atom stereocenters. The van der Waals surface area contributed by atoms with E-state index >= 15 is 0 Å². The minimum absolute atomic E-state index is 0.306. The molecule has 1 aromatic carbocycles. The van der Waals surface area contributed by atoms with E-state index in [1.54, 1.807) is 86.6 Å². The summed E-state index contributed by atoms with van der Waals surface area (Å²) >= 11 is 0. The quantitative estimate of drug-likeness (QED) is 0.691. The van der Waals surface area contributed by atoms with Crippen molar-refractivity contribution in [2.75, 3.05) is 0 Å². The van der Waals surface area contributed by atoms with Crippen LogP contribution in [-0.2, 0) is 20.2 Å². The highest BCUT2D eigenvalue weighted by molar-refractivity contribution is 5.88. The van der Waals surface area contributed by atoms with Gasteiger partial charge in [-0.1, -0.05) is 92.6 Å². The molecule has 0 aliphatic heterocycles. The van der Waals surface area contributed by atoms with Crippen molar-refractivity contribution in [3.8, 4) is 0 Å². The average Bonchev–Trinajstić information content (AvgIpc) is 2.52. The Hall–Kier alpha value is -2.37. The van der Waals surface area contributed by atoms with Gasteiger partial charge < -0.3 is 16.0 Å². The summed E-state index contributed by atoms with van der Waals surface area (Å²) in [4.78, 5) is 38.7. The van der Waals surface area contributed by atoms with Crippen molar-refractivity contribution in [2.24, 2.45) is 16.2 Å². The summed E-state index contributed by atoms with van der Waals surface area (Å²) < 4.78 is 0. The maximum atomic E-state index is 12.9. The van der Waals surface area contributed by atoms with Crippen molar-refractivity contribution >= 4 is 17.7 Å². The Kier molecular flexibility index (Phi) is 6.71. The zero-order valence-corrected chi connectivity index (χ0v) is 18.6. The number of hydrogen-bond acceptors (Lipinski definition) is 3. The van der Waals surface area contributed by atoms with Crippen LogP contribution < -0.4 is 16.0 Å². The fraction of sp³-hybridized carbons (Fsp3) is 0.591. The van der Waals surface area contributed by atoms with Crippen LogP contribution in [0.3, 0.4) is 0 Å². The third-order valence-electron chi connectivity index (χ3n) is 4.15. The first-order chi connectivity index (χ1) is 12.5. The average molecular weight is 390 g/mol. The number of benzene rings is 1. The fourth-order valence-electron chi connectivity index (χ4n) is 2.07. The van der Waals surface area contributed by atoms with Gasteiger partial charge in [0.25, 0.3) is 0 Å². The van der Waals surface area contributed by atoms with Crippen molar-refractivity contribution in [3.63, 3.8) is 0 Å². The fourth-order valence-corrected chi connectivity index (χ4v) is 2.07. The molecule has 6 nitrogen and oxygen atoms in total. The van der Waals surface area contributed by atoms with Gasteiger partial charge in [-0.3, -0.25) is 14.4 Å². The minimum atomic E-state index is -1.57. The maximum absolute atomic E-state index is 12.9. The van der Waals surface area contributed by atoms with E-state index in [0.717, 1.165) is 0 Å². The van der Waals surface area contributed by atoms with Gasteiger partial charge in [0.15, 0.2) is 0 Å². The predicted molar refractivity (Wildman–Crippen MR) is 111 cm³/mol. The summed E-state index contributed by atoms with van der Waals surface area (Å²) in [6, 6.07) is 8.93. The highest BCUT2D eigenvalue weighted by Crippen LogP contribution is 2.25. The van der Waals surface area contributed by atoms with Crippen LogP contribution >= 0.6 is 0 Å². The molecule has 0 saturated carbocycles. The Balaban J connectivity index is 3.58. The lowest BCUT2D eigenvalue weighted by molar-refractivity contribution is -0.140. The van der Waals surface area contributed by atoms with E-state index in [9.17, 15) is 14.4 Å². The van der Waals surface area contributed by atoms with Gasteiger partial charge in [0.2, 0.25) is 23.5 Å². The van der Waals surface area contributed by atoms with Gasteiger partial charge in [0.05, 0.1) is 0 Å². The molecule has 0 aromatic heterocycles. The van der Waals surface area contributed by atoms with Gasteiger partial charge in [-0.2, -0.15) is 0 Å². The number of nitrogens with one attached hydrogen (secondary N) is 3. The molecule has 0 bridgehead atoms. The Labute approximate surface area is 168 Å². The van der Waals surface area contributed by atoms with Gasteiger partial charge in [-0.05, 0) is 0 Å². The van der Waals surface area contributed by atoms with Crippen LogP contribution in [0.4, 0.5) is 0 Å². The van der Waals surface area contributed by atoms with Crippen LogP contribution in [0.2, 0.25) is 0 Å². The topological polar surface area (TPSA) is 87.3 Å². The molecule has 0 heterocycles. The van der Waals surface area contributed by atoms with Gasteiger partial charge in [0.1, 0.15) is 0 Å². The summed E-state index contributed by atoms with van der Waals surface area (Å²) in [5, 5.41) is 8.67. The molecule has 0 spiro atoms. The summed E-state index contributed by atoms with van der Waals surface area (Å²) in [6.07, 6.45) is 0. The van der Waals surface area contributed by atoms with E-state index in [1.807, 2.05) is 6.07 Å². The molecule has 0 aliphatic carbocycles. The lowest BCUT2D eigenvalue weighted by atomic mass is 9.91. The van der Waals surface area contributed by atoms with Crippen LogP contribution in [0, 0.1) is 16.2 Å². The smallest absolute Gasteiger partial charge is 0.228 e. The van der Waals surface area contributed by atoms with E-state index in [2.05, 4.69) is 16.0 Å². The molecular formula is C22H35N3O3. The number of hydrogen-bond donors (Lipinski definition) is 3. The predicted octanol–water partition coefficient (Wildman–Crippen LogP) is 3.28. The molecule has 3 amide bonds. The summed E-state index contributed by atoms with van der Waals surface area (Å²) in [5.74, 6) is -2.49. The Morgan fingerprint density at radius 3 is 1.11 bits per heavy atom. The summed E-state index contributed by atoms with van der Waals surface area (Å²) in [7, 11) is 0. The molecule has 1 aromatic rings. The molecule has 0 radical (unpaired) electrons. The molecular weight excluding hydrogens is 354 g/mol. The Morgan fingerprint density at radius 1 is 0.571 bits per heavy atom. The van der Waals surface area contributed by atoms with Gasteiger partial charge in [-0.15, -0.1) is 0 Å². The SMILES string of the molecule is CC(C)(C)C(=O)NC(NC(=O)C(C)(C)C)(NC(=O)C(C)(C)C)c1ccccc1. The van der Waals surface area contributed by atoms with Crippen molar-refractivity contribution in [1.82, 2.24) is 16.0 Å². The van der Waals surface area contributed by atoms with Crippen LogP contribution in [0.5, 0.6) is 0 Å². The second-order valence-corrected chi connectivity index (χ2v) is 10.2. The standard InChI is InChI=1S/C22H35N3O3/c1-19(2,3)16(26)23-22(15-13-11-10-12-14-15,24-17(27)20(4,5)6)25-18(28)21(7,8)9/h10-14H,1-9H3,(H,23,26)(H,24,27)(H,25,28). The summed E-state index contributed by atoms with van der Waals surface area (Å²) in [5.41, 5.74) is -1.61. The minimum Gasteiger partial charge on any atom is -0.312 e. The molecule has 28 heavy (non-hydrogen) atoms. The van der Waals surface area contributed by atoms with Crippen molar-refractivity contribution in [3.05, 3.63) is 35.9 Å². The van der Waals surface area contributed by atoms with Crippen LogP contribution in [-0.4, -0.2) is 17.7 Å². The molecule has 0 saturated heterocycles. The van der Waals surface area contributed by atoms with Crippen molar-refractivity contribution < 1.29 is 14.4 Å². The molecule has 156 valence electrons. The zero-order valence-electron chi connectivity index (χ0n) is 18.6. The van der Waals surface area contributed by atoms with E-state index in [-0.39, 0.29) is 17.7 Å². The molecule has 0 atom stereocenters. The lowest BCUT2D eigenvalue weighted by Crippen LogP contribution is -2.70. The molecule has 1 rings (SSSR count). The molecule has 0 fully saturated rings. The highest BCUT2D eigenvalue weighted by atomic mass is 16.2. The normalized spacial score (nSPS) is 12.9. The third-order valence-corrected chi connectivity index (χ3v) is 4.15. The van der Waals surface area contributed by atoms with E-state index < -0.39 is 22.0 Å². The third kappa shape index (κ3) is 6.08. The van der Waals surface area contributed by atoms with Crippen molar-refractivity contribution in [1.29, 1.82) is 0 Å². The second-order valence-electron chi connectivity index (χ2n) is 10.2. The first-order valence-corrected chi connectivity index (χ1v) is 9.52. The van der Waals surface area contributed by atoms with Crippen LogP contribution in [0.1, 0.15) is 67.9 Å². The number of rotatable bonds is 4. The van der Waals surface area contributed by atoms with Gasteiger partial charge in [0, 0.05) is 21.8 Å². The first-order valence-electron chi connectivity index (χ1n) is 9.52. The van der Waals surface area contributed by atoms with Gasteiger partial charge >= 0.3 is 0 Å². The van der Waals surface area contributed by atoms with E-state index in [1.165, 1.54) is 0 Å². The van der Waals surface area contributed by atoms with Crippen LogP contribution in [0.25, 0.3) is 0 Å². The zero-order chi connectivity index (χ0) is 22.0. The lowest BCUT2D eigenvalue weighted by Gasteiger charge is -2.41. The van der Waals surface area contributed by atoms with E-state index in [0.29, 0.717) is 5.56 Å². The Bertz CT molecular complexity index is 651. The second kappa shape index (κ2) is 7.94. The molecule has 6 heteroatoms.